The lowest BCUT2D eigenvalue weighted by atomic mass is 10.0. The minimum atomic E-state index is 0.295. The third-order valence-electron chi connectivity index (χ3n) is 5.10. The van der Waals surface area contributed by atoms with Crippen LogP contribution in [-0.4, -0.2) is 30.9 Å². The number of anilines is 1. The van der Waals surface area contributed by atoms with E-state index in [1.165, 1.54) is 11.1 Å². The van der Waals surface area contributed by atoms with Gasteiger partial charge in [0.05, 0.1) is 0 Å². The summed E-state index contributed by atoms with van der Waals surface area (Å²) in [5.74, 6) is 2.79. The third kappa shape index (κ3) is 3.56. The average Bonchev–Trinajstić information content (AvgIpc) is 3.11. The summed E-state index contributed by atoms with van der Waals surface area (Å²) in [6.07, 6.45) is 4.20. The minimum Gasteiger partial charge on any atom is -0.454 e. The molecule has 0 amide bonds. The Hall–Kier alpha value is -2.27. The fourth-order valence-corrected chi connectivity index (χ4v) is 3.55. The Morgan fingerprint density at radius 2 is 1.92 bits per heavy atom. The van der Waals surface area contributed by atoms with Gasteiger partial charge in [0.1, 0.15) is 5.82 Å². The van der Waals surface area contributed by atoms with Crippen LogP contribution in [0.25, 0.3) is 0 Å². The number of rotatable bonds is 4. The number of aryl methyl sites for hydroxylation is 1. The number of ether oxygens (including phenoxy) is 2. The Labute approximate surface area is 149 Å². The molecule has 1 atom stereocenters. The molecule has 0 saturated carbocycles. The Bertz CT molecular complexity index is 724. The first-order chi connectivity index (χ1) is 12.2. The normalized spacial score (nSPS) is 18.4. The van der Waals surface area contributed by atoms with Crippen LogP contribution in [-0.2, 0) is 0 Å². The molecule has 0 spiro atoms. The highest BCUT2D eigenvalue weighted by Gasteiger charge is 2.22. The van der Waals surface area contributed by atoms with E-state index >= 15 is 0 Å². The van der Waals surface area contributed by atoms with Crippen LogP contribution < -0.4 is 19.7 Å². The van der Waals surface area contributed by atoms with E-state index in [1.807, 2.05) is 12.3 Å². The largest absolute Gasteiger partial charge is 0.454 e. The molecule has 0 aliphatic carbocycles. The second-order valence-corrected chi connectivity index (χ2v) is 6.96. The van der Waals surface area contributed by atoms with Crippen molar-refractivity contribution in [3.05, 3.63) is 47.7 Å². The van der Waals surface area contributed by atoms with Crippen LogP contribution in [0.4, 0.5) is 5.82 Å². The van der Waals surface area contributed by atoms with Gasteiger partial charge in [-0.15, -0.1) is 0 Å². The zero-order valence-corrected chi connectivity index (χ0v) is 14.9. The number of nitrogens with zero attached hydrogens (tertiary/aromatic N) is 2. The molecule has 0 bridgehead atoms. The quantitative estimate of drug-likeness (QED) is 0.924. The lowest BCUT2D eigenvalue weighted by Gasteiger charge is -2.34. The van der Waals surface area contributed by atoms with Crippen molar-refractivity contribution in [2.45, 2.75) is 38.8 Å². The van der Waals surface area contributed by atoms with Crippen LogP contribution in [0.3, 0.4) is 0 Å². The molecule has 5 heteroatoms. The molecular formula is C20H25N3O2. The van der Waals surface area contributed by atoms with Gasteiger partial charge in [-0.05, 0) is 56.0 Å². The SMILES string of the molecule is Cc1ccc(N2CCC(N[C@@H](C)c3ccc4c(c3)OCO4)CC2)nc1. The summed E-state index contributed by atoms with van der Waals surface area (Å²) in [4.78, 5) is 6.93. The summed E-state index contributed by atoms with van der Waals surface area (Å²) in [6.45, 7) is 6.70. The van der Waals surface area contributed by atoms with Crippen LogP contribution in [0, 0.1) is 6.92 Å². The highest BCUT2D eigenvalue weighted by molar-refractivity contribution is 5.45. The molecule has 3 heterocycles. The predicted octanol–water partition coefficient (Wildman–Crippen LogP) is 3.44. The highest BCUT2D eigenvalue weighted by atomic mass is 16.7. The first-order valence-corrected chi connectivity index (χ1v) is 9.02. The number of hydrogen-bond acceptors (Lipinski definition) is 5. The number of nitrogens with one attached hydrogen (secondary N) is 1. The van der Waals surface area contributed by atoms with Gasteiger partial charge in [-0.25, -0.2) is 4.98 Å². The summed E-state index contributed by atoms with van der Waals surface area (Å²) in [6, 6.07) is 11.3. The maximum atomic E-state index is 5.49. The van der Waals surface area contributed by atoms with Gasteiger partial charge in [0.2, 0.25) is 6.79 Å². The second kappa shape index (κ2) is 6.92. The average molecular weight is 339 g/mol. The number of pyridine rings is 1. The molecule has 4 rings (SSSR count). The summed E-state index contributed by atoms with van der Waals surface area (Å²) < 4.78 is 10.9. The molecule has 2 aliphatic rings. The molecular weight excluding hydrogens is 314 g/mol. The molecule has 1 saturated heterocycles. The topological polar surface area (TPSA) is 46.6 Å². The molecule has 0 radical (unpaired) electrons. The molecule has 132 valence electrons. The number of hydrogen-bond donors (Lipinski definition) is 1. The van der Waals surface area contributed by atoms with Crippen molar-refractivity contribution in [3.63, 3.8) is 0 Å². The first-order valence-electron chi connectivity index (χ1n) is 9.02. The minimum absolute atomic E-state index is 0.295. The lowest BCUT2D eigenvalue weighted by molar-refractivity contribution is 0.174. The van der Waals surface area contributed by atoms with Crippen LogP contribution in [0.15, 0.2) is 36.5 Å². The second-order valence-electron chi connectivity index (χ2n) is 6.96. The van der Waals surface area contributed by atoms with E-state index in [-0.39, 0.29) is 0 Å². The molecule has 2 aromatic rings. The van der Waals surface area contributed by atoms with Crippen LogP contribution >= 0.6 is 0 Å². The Balaban J connectivity index is 1.33. The lowest BCUT2D eigenvalue weighted by Crippen LogP contribution is -2.43. The predicted molar refractivity (Wildman–Crippen MR) is 98.3 cm³/mol. The van der Waals surface area contributed by atoms with Crippen molar-refractivity contribution < 1.29 is 9.47 Å². The van der Waals surface area contributed by atoms with E-state index in [4.69, 9.17) is 9.47 Å². The fraction of sp³-hybridized carbons (Fsp3) is 0.450. The van der Waals surface area contributed by atoms with Crippen LogP contribution in [0.2, 0.25) is 0 Å². The van der Waals surface area contributed by atoms with Gasteiger partial charge < -0.3 is 19.7 Å². The van der Waals surface area contributed by atoms with Crippen molar-refractivity contribution in [2.24, 2.45) is 0 Å². The van der Waals surface area contributed by atoms with Gasteiger partial charge in [0.25, 0.3) is 0 Å². The van der Waals surface area contributed by atoms with Gasteiger partial charge in [-0.3, -0.25) is 0 Å². The van der Waals surface area contributed by atoms with Gasteiger partial charge in [0.15, 0.2) is 11.5 Å². The number of piperidine rings is 1. The maximum absolute atomic E-state index is 5.49. The third-order valence-corrected chi connectivity index (χ3v) is 5.10. The zero-order valence-electron chi connectivity index (χ0n) is 14.9. The van der Waals surface area contributed by atoms with E-state index < -0.39 is 0 Å². The molecule has 0 unspecified atom stereocenters. The molecule has 25 heavy (non-hydrogen) atoms. The molecule has 1 aromatic carbocycles. The summed E-state index contributed by atoms with van der Waals surface area (Å²) in [7, 11) is 0. The van der Waals surface area contributed by atoms with Gasteiger partial charge in [-0.1, -0.05) is 12.1 Å². The molecule has 1 fully saturated rings. The fourth-order valence-electron chi connectivity index (χ4n) is 3.55. The number of aromatic nitrogens is 1. The first kappa shape index (κ1) is 16.2. The number of fused-ring (bicyclic) bond motifs is 1. The van der Waals surface area contributed by atoms with Crippen molar-refractivity contribution >= 4 is 5.82 Å². The maximum Gasteiger partial charge on any atom is 0.231 e. The van der Waals surface area contributed by atoms with Gasteiger partial charge in [0, 0.05) is 31.4 Å². The van der Waals surface area contributed by atoms with E-state index in [9.17, 15) is 0 Å². The van der Waals surface area contributed by atoms with Crippen molar-refractivity contribution in [1.29, 1.82) is 0 Å². The Morgan fingerprint density at radius 1 is 1.12 bits per heavy atom. The van der Waals surface area contributed by atoms with Gasteiger partial charge >= 0.3 is 0 Å². The monoisotopic (exact) mass is 339 g/mol. The van der Waals surface area contributed by atoms with E-state index in [0.29, 0.717) is 18.9 Å². The summed E-state index contributed by atoms with van der Waals surface area (Å²) in [5, 5.41) is 3.76. The summed E-state index contributed by atoms with van der Waals surface area (Å²) >= 11 is 0. The molecule has 2 aliphatic heterocycles. The zero-order chi connectivity index (χ0) is 17.2. The van der Waals surface area contributed by atoms with Crippen LogP contribution in [0.1, 0.15) is 36.9 Å². The Kier molecular flexibility index (Phi) is 4.49. The van der Waals surface area contributed by atoms with Gasteiger partial charge in [-0.2, -0.15) is 0 Å². The highest BCUT2D eigenvalue weighted by Crippen LogP contribution is 2.34. The van der Waals surface area contributed by atoms with Crippen molar-refractivity contribution in [3.8, 4) is 11.5 Å². The summed E-state index contributed by atoms with van der Waals surface area (Å²) in [5.41, 5.74) is 2.45. The van der Waals surface area contributed by atoms with Crippen molar-refractivity contribution in [2.75, 3.05) is 24.8 Å². The van der Waals surface area contributed by atoms with Crippen molar-refractivity contribution in [1.82, 2.24) is 10.3 Å². The van der Waals surface area contributed by atoms with E-state index in [0.717, 1.165) is 43.2 Å². The number of benzene rings is 1. The molecule has 1 aromatic heterocycles. The molecule has 5 nitrogen and oxygen atoms in total. The Morgan fingerprint density at radius 3 is 2.68 bits per heavy atom. The van der Waals surface area contributed by atoms with E-state index in [1.54, 1.807) is 0 Å². The van der Waals surface area contributed by atoms with Crippen LogP contribution in [0.5, 0.6) is 11.5 Å². The molecule has 1 N–H and O–H groups in total. The standard InChI is InChI=1S/C20H25N3O2/c1-14-3-6-20(21-12-14)23-9-7-17(8-10-23)22-15(2)16-4-5-18-19(11-16)25-13-24-18/h3-6,11-12,15,17,22H,7-10,13H2,1-2H3/t15-/m0/s1. The van der Waals surface area contributed by atoms with E-state index in [2.05, 4.69) is 53.3 Å². The smallest absolute Gasteiger partial charge is 0.231 e.